The standard InChI is InChI=1S/C28H33BrN4O3/c1-6-7-14-35-26(34)24-18(2)32-27-30-17-31-33(27)25(24)22-15-21(29)12-13-23(22)36-16-19-8-10-20(11-9-19)28(3,4)5/h8-13,15,17,25H,6-7,14,16H2,1-5H3,(H,30,31,32). The van der Waals surface area contributed by atoms with Crippen LogP contribution in [-0.2, 0) is 21.6 Å². The van der Waals surface area contributed by atoms with Crippen molar-refractivity contribution >= 4 is 27.8 Å². The zero-order valence-electron chi connectivity index (χ0n) is 21.5. The molecule has 0 radical (unpaired) electrons. The van der Waals surface area contributed by atoms with Gasteiger partial charge in [0, 0.05) is 15.7 Å². The van der Waals surface area contributed by atoms with Gasteiger partial charge in [0.1, 0.15) is 24.7 Å². The van der Waals surface area contributed by atoms with Crippen LogP contribution in [0.1, 0.15) is 70.2 Å². The highest BCUT2D eigenvalue weighted by Crippen LogP contribution is 2.40. The molecular formula is C28H33BrN4O3. The van der Waals surface area contributed by atoms with Crippen LogP contribution in [0.25, 0.3) is 0 Å². The first kappa shape index (κ1) is 25.9. The molecule has 8 heteroatoms. The summed E-state index contributed by atoms with van der Waals surface area (Å²) >= 11 is 3.59. The van der Waals surface area contributed by atoms with Crippen molar-refractivity contribution in [1.82, 2.24) is 14.8 Å². The third kappa shape index (κ3) is 5.64. The van der Waals surface area contributed by atoms with E-state index in [0.29, 0.717) is 36.2 Å². The molecule has 2 heterocycles. The smallest absolute Gasteiger partial charge is 0.338 e. The molecule has 7 nitrogen and oxygen atoms in total. The Morgan fingerprint density at radius 2 is 1.92 bits per heavy atom. The Morgan fingerprint density at radius 3 is 2.61 bits per heavy atom. The van der Waals surface area contributed by atoms with Crippen molar-refractivity contribution in [2.75, 3.05) is 11.9 Å². The Kier molecular flexibility index (Phi) is 7.83. The van der Waals surface area contributed by atoms with Gasteiger partial charge in [-0.25, -0.2) is 9.48 Å². The predicted octanol–water partition coefficient (Wildman–Crippen LogP) is 6.55. The van der Waals surface area contributed by atoms with Crippen LogP contribution in [0.15, 0.2) is 64.5 Å². The monoisotopic (exact) mass is 552 g/mol. The Hall–Kier alpha value is -3.13. The summed E-state index contributed by atoms with van der Waals surface area (Å²) in [5.74, 6) is 0.854. The maximum Gasteiger partial charge on any atom is 0.338 e. The van der Waals surface area contributed by atoms with Gasteiger partial charge >= 0.3 is 5.97 Å². The van der Waals surface area contributed by atoms with Crippen molar-refractivity contribution in [2.24, 2.45) is 0 Å². The third-order valence-electron chi connectivity index (χ3n) is 6.23. The van der Waals surface area contributed by atoms with Crippen LogP contribution < -0.4 is 10.1 Å². The largest absolute Gasteiger partial charge is 0.489 e. The molecular weight excluding hydrogens is 520 g/mol. The molecule has 4 rings (SSSR count). The molecule has 1 N–H and O–H groups in total. The second kappa shape index (κ2) is 10.9. The summed E-state index contributed by atoms with van der Waals surface area (Å²) in [6, 6.07) is 13.7. The van der Waals surface area contributed by atoms with E-state index in [1.54, 1.807) is 4.68 Å². The molecule has 1 aliphatic rings. The fraction of sp³-hybridized carbons (Fsp3) is 0.393. The van der Waals surface area contributed by atoms with Crippen molar-refractivity contribution in [3.8, 4) is 5.75 Å². The summed E-state index contributed by atoms with van der Waals surface area (Å²) in [4.78, 5) is 17.6. The SMILES string of the molecule is CCCCOC(=O)C1=C(C)Nc2ncnn2C1c1cc(Br)ccc1OCc1ccc(C(C)(C)C)cc1. The molecule has 2 aromatic carbocycles. The number of allylic oxidation sites excluding steroid dienone is 1. The summed E-state index contributed by atoms with van der Waals surface area (Å²) < 4.78 is 14.5. The number of unbranched alkanes of at least 4 members (excludes halogenated alkanes) is 1. The Bertz CT molecular complexity index is 1260. The van der Waals surface area contributed by atoms with E-state index in [2.05, 4.69) is 83.3 Å². The second-order valence-corrected chi connectivity index (χ2v) is 10.9. The molecule has 1 atom stereocenters. The van der Waals surface area contributed by atoms with Crippen LogP contribution in [0.3, 0.4) is 0 Å². The number of benzene rings is 2. The molecule has 0 saturated heterocycles. The minimum Gasteiger partial charge on any atom is -0.489 e. The van der Waals surface area contributed by atoms with E-state index in [1.807, 2.05) is 25.1 Å². The summed E-state index contributed by atoms with van der Waals surface area (Å²) in [6.45, 7) is 11.3. The Labute approximate surface area is 221 Å². The zero-order chi connectivity index (χ0) is 25.9. The highest BCUT2D eigenvalue weighted by atomic mass is 79.9. The number of halogens is 1. The quantitative estimate of drug-likeness (QED) is 0.252. The normalized spacial score (nSPS) is 15.3. The summed E-state index contributed by atoms with van der Waals surface area (Å²) in [7, 11) is 0. The minimum absolute atomic E-state index is 0.0924. The first-order valence-electron chi connectivity index (χ1n) is 12.2. The number of carbonyl (C=O) groups excluding carboxylic acids is 1. The summed E-state index contributed by atoms with van der Waals surface area (Å²) in [6.07, 6.45) is 3.23. The average molecular weight is 554 g/mol. The van der Waals surface area contributed by atoms with Crippen LogP contribution in [0, 0.1) is 0 Å². The van der Waals surface area contributed by atoms with E-state index in [-0.39, 0.29) is 11.4 Å². The highest BCUT2D eigenvalue weighted by molar-refractivity contribution is 9.10. The molecule has 0 saturated carbocycles. The van der Waals surface area contributed by atoms with Crippen LogP contribution in [0.2, 0.25) is 0 Å². The van der Waals surface area contributed by atoms with Crippen molar-refractivity contribution in [2.45, 2.75) is 65.5 Å². The molecule has 0 fully saturated rings. The average Bonchev–Trinajstić information content (AvgIpc) is 3.30. The molecule has 0 aliphatic carbocycles. The number of carbonyl (C=O) groups is 1. The molecule has 0 bridgehead atoms. The fourth-order valence-corrected chi connectivity index (χ4v) is 4.54. The number of nitrogens with zero attached hydrogens (tertiary/aromatic N) is 3. The maximum atomic E-state index is 13.3. The van der Waals surface area contributed by atoms with Crippen molar-refractivity contribution < 1.29 is 14.3 Å². The van der Waals surface area contributed by atoms with E-state index in [1.165, 1.54) is 11.9 Å². The van der Waals surface area contributed by atoms with Gasteiger partial charge in [-0.1, -0.05) is 74.3 Å². The van der Waals surface area contributed by atoms with Crippen LogP contribution >= 0.6 is 15.9 Å². The number of hydrogen-bond donors (Lipinski definition) is 1. The highest BCUT2D eigenvalue weighted by Gasteiger charge is 2.36. The second-order valence-electron chi connectivity index (χ2n) is 10.0. The number of hydrogen-bond acceptors (Lipinski definition) is 6. The lowest BCUT2D eigenvalue weighted by atomic mass is 9.87. The number of rotatable bonds is 8. The molecule has 0 spiro atoms. The summed E-state index contributed by atoms with van der Waals surface area (Å²) in [5, 5.41) is 7.62. The summed E-state index contributed by atoms with van der Waals surface area (Å²) in [5.41, 5.74) is 4.40. The number of fused-ring (bicyclic) bond motifs is 1. The molecule has 36 heavy (non-hydrogen) atoms. The van der Waals surface area contributed by atoms with E-state index < -0.39 is 6.04 Å². The van der Waals surface area contributed by atoms with Crippen molar-refractivity contribution in [3.05, 3.63) is 81.2 Å². The predicted molar refractivity (Wildman–Crippen MR) is 144 cm³/mol. The molecule has 3 aromatic rings. The first-order chi connectivity index (χ1) is 17.2. The number of ether oxygens (including phenoxy) is 2. The number of nitrogens with one attached hydrogen (secondary N) is 1. The number of aromatic nitrogens is 3. The molecule has 1 unspecified atom stereocenters. The van der Waals surface area contributed by atoms with Gasteiger partial charge in [-0.15, -0.1) is 0 Å². The Balaban J connectivity index is 1.68. The Morgan fingerprint density at radius 1 is 1.17 bits per heavy atom. The molecule has 1 aliphatic heterocycles. The fourth-order valence-electron chi connectivity index (χ4n) is 4.16. The lowest BCUT2D eigenvalue weighted by molar-refractivity contribution is -0.139. The van der Waals surface area contributed by atoms with Crippen LogP contribution in [0.5, 0.6) is 5.75 Å². The van der Waals surface area contributed by atoms with Gasteiger partial charge in [-0.05, 0) is 48.1 Å². The minimum atomic E-state index is -0.548. The third-order valence-corrected chi connectivity index (χ3v) is 6.72. The molecule has 0 amide bonds. The zero-order valence-corrected chi connectivity index (χ0v) is 23.1. The van der Waals surface area contributed by atoms with Crippen molar-refractivity contribution in [3.63, 3.8) is 0 Å². The van der Waals surface area contributed by atoms with E-state index >= 15 is 0 Å². The van der Waals surface area contributed by atoms with Gasteiger partial charge in [0.15, 0.2) is 0 Å². The van der Waals surface area contributed by atoms with Gasteiger partial charge in [0.25, 0.3) is 0 Å². The topological polar surface area (TPSA) is 78.3 Å². The van der Waals surface area contributed by atoms with E-state index in [9.17, 15) is 4.79 Å². The van der Waals surface area contributed by atoms with Gasteiger partial charge in [-0.2, -0.15) is 10.1 Å². The van der Waals surface area contributed by atoms with Crippen LogP contribution in [0.4, 0.5) is 5.95 Å². The van der Waals surface area contributed by atoms with Gasteiger partial charge in [0.05, 0.1) is 12.2 Å². The molecule has 1 aromatic heterocycles. The van der Waals surface area contributed by atoms with E-state index in [0.717, 1.165) is 28.4 Å². The number of anilines is 1. The van der Waals surface area contributed by atoms with Crippen LogP contribution in [-0.4, -0.2) is 27.3 Å². The maximum absolute atomic E-state index is 13.3. The van der Waals surface area contributed by atoms with Gasteiger partial charge < -0.3 is 14.8 Å². The van der Waals surface area contributed by atoms with Crippen molar-refractivity contribution in [1.29, 1.82) is 0 Å². The lowest BCUT2D eigenvalue weighted by Gasteiger charge is -2.29. The number of esters is 1. The lowest BCUT2D eigenvalue weighted by Crippen LogP contribution is -2.30. The van der Waals surface area contributed by atoms with Gasteiger partial charge in [-0.3, -0.25) is 0 Å². The van der Waals surface area contributed by atoms with Gasteiger partial charge in [0.2, 0.25) is 5.95 Å². The van der Waals surface area contributed by atoms with E-state index in [4.69, 9.17) is 9.47 Å². The molecule has 190 valence electrons. The first-order valence-corrected chi connectivity index (χ1v) is 13.0.